The Kier molecular flexibility index (Phi) is 7.21. The Hall–Kier alpha value is -1.95. The Morgan fingerprint density at radius 2 is 2.04 bits per heavy atom. The average Bonchev–Trinajstić information content (AvgIpc) is 3.38. The molecular formula is C21H33N3O3. The van der Waals surface area contributed by atoms with E-state index in [2.05, 4.69) is 31.4 Å². The van der Waals surface area contributed by atoms with Gasteiger partial charge >= 0.3 is 0 Å². The zero-order valence-electron chi connectivity index (χ0n) is 16.8. The van der Waals surface area contributed by atoms with Crippen LogP contribution in [0.1, 0.15) is 40.0 Å². The third-order valence-electron chi connectivity index (χ3n) is 4.61. The van der Waals surface area contributed by atoms with Gasteiger partial charge in [-0.05, 0) is 36.8 Å². The summed E-state index contributed by atoms with van der Waals surface area (Å²) >= 11 is 0. The SMILES string of the molecule is CC(C)COCCCN=C(Nc1ccc2c(c1)OCCCO2)NC1CC1C. The first-order chi connectivity index (χ1) is 13.1. The first kappa shape index (κ1) is 19.8. The van der Waals surface area contributed by atoms with Crippen molar-refractivity contribution in [3.05, 3.63) is 18.2 Å². The lowest BCUT2D eigenvalue weighted by atomic mass is 10.2. The van der Waals surface area contributed by atoms with Gasteiger partial charge in [0.1, 0.15) is 0 Å². The maximum Gasteiger partial charge on any atom is 0.196 e. The van der Waals surface area contributed by atoms with Crippen molar-refractivity contribution in [2.75, 3.05) is 38.3 Å². The second-order valence-corrected chi connectivity index (χ2v) is 7.85. The van der Waals surface area contributed by atoms with Gasteiger partial charge in [0.25, 0.3) is 0 Å². The molecule has 6 heteroatoms. The highest BCUT2D eigenvalue weighted by Gasteiger charge is 2.33. The van der Waals surface area contributed by atoms with E-state index in [9.17, 15) is 0 Å². The van der Waals surface area contributed by atoms with E-state index in [-0.39, 0.29) is 0 Å². The fraction of sp³-hybridized carbons (Fsp3) is 0.667. The maximum atomic E-state index is 5.78. The van der Waals surface area contributed by atoms with Crippen molar-refractivity contribution < 1.29 is 14.2 Å². The Balaban J connectivity index is 1.56. The van der Waals surface area contributed by atoms with Gasteiger partial charge < -0.3 is 24.8 Å². The molecule has 1 saturated carbocycles. The Morgan fingerprint density at radius 3 is 2.78 bits per heavy atom. The summed E-state index contributed by atoms with van der Waals surface area (Å²) in [6, 6.07) is 6.46. The van der Waals surface area contributed by atoms with Crippen LogP contribution in [0.5, 0.6) is 11.5 Å². The van der Waals surface area contributed by atoms with Gasteiger partial charge in [0, 0.05) is 44.0 Å². The summed E-state index contributed by atoms with van der Waals surface area (Å²) in [5, 5.41) is 6.93. The summed E-state index contributed by atoms with van der Waals surface area (Å²) in [5.41, 5.74) is 0.954. The van der Waals surface area contributed by atoms with Gasteiger partial charge in [0.05, 0.1) is 13.2 Å². The minimum absolute atomic E-state index is 0.508. The van der Waals surface area contributed by atoms with Crippen LogP contribution in [-0.4, -0.2) is 45.0 Å². The Bertz CT molecular complexity index is 633. The van der Waals surface area contributed by atoms with Crippen LogP contribution in [0.15, 0.2) is 23.2 Å². The largest absolute Gasteiger partial charge is 0.490 e. The predicted molar refractivity (Wildman–Crippen MR) is 109 cm³/mol. The number of nitrogens with one attached hydrogen (secondary N) is 2. The van der Waals surface area contributed by atoms with Crippen LogP contribution in [0, 0.1) is 11.8 Å². The first-order valence-electron chi connectivity index (χ1n) is 10.2. The van der Waals surface area contributed by atoms with Crippen molar-refractivity contribution in [2.24, 2.45) is 16.8 Å². The van der Waals surface area contributed by atoms with Gasteiger partial charge in [-0.3, -0.25) is 4.99 Å². The molecule has 1 aromatic carbocycles. The number of fused-ring (bicyclic) bond motifs is 1. The van der Waals surface area contributed by atoms with E-state index in [1.165, 1.54) is 6.42 Å². The van der Waals surface area contributed by atoms with Crippen LogP contribution >= 0.6 is 0 Å². The molecule has 2 atom stereocenters. The topological polar surface area (TPSA) is 64.1 Å². The number of hydrogen-bond acceptors (Lipinski definition) is 4. The minimum Gasteiger partial charge on any atom is -0.490 e. The molecule has 1 aliphatic carbocycles. The van der Waals surface area contributed by atoms with Crippen LogP contribution in [0.2, 0.25) is 0 Å². The van der Waals surface area contributed by atoms with Crippen LogP contribution < -0.4 is 20.1 Å². The van der Waals surface area contributed by atoms with E-state index in [1.807, 2.05) is 18.2 Å². The van der Waals surface area contributed by atoms with E-state index in [1.54, 1.807) is 0 Å². The smallest absolute Gasteiger partial charge is 0.196 e. The predicted octanol–water partition coefficient (Wildman–Crippen LogP) is 3.68. The summed E-state index contributed by atoms with van der Waals surface area (Å²) in [4.78, 5) is 4.72. The molecule has 150 valence electrons. The molecule has 2 aliphatic rings. The van der Waals surface area contributed by atoms with Crippen molar-refractivity contribution in [3.63, 3.8) is 0 Å². The molecular weight excluding hydrogens is 342 g/mol. The Morgan fingerprint density at radius 1 is 1.26 bits per heavy atom. The molecule has 1 aliphatic heterocycles. The molecule has 0 aromatic heterocycles. The fourth-order valence-electron chi connectivity index (χ4n) is 2.87. The van der Waals surface area contributed by atoms with Crippen molar-refractivity contribution >= 4 is 11.6 Å². The van der Waals surface area contributed by atoms with Crippen LogP contribution in [0.3, 0.4) is 0 Å². The number of nitrogens with zero attached hydrogens (tertiary/aromatic N) is 1. The summed E-state index contributed by atoms with van der Waals surface area (Å²) in [6.45, 7) is 10.3. The van der Waals surface area contributed by atoms with Crippen LogP contribution in [-0.2, 0) is 4.74 Å². The van der Waals surface area contributed by atoms with Gasteiger partial charge in [0.2, 0.25) is 0 Å². The number of rotatable bonds is 8. The van der Waals surface area contributed by atoms with Crippen LogP contribution in [0.25, 0.3) is 0 Å². The highest BCUT2D eigenvalue weighted by atomic mass is 16.5. The van der Waals surface area contributed by atoms with E-state index in [0.29, 0.717) is 31.1 Å². The number of anilines is 1. The summed E-state index contributed by atoms with van der Waals surface area (Å²) in [7, 11) is 0. The summed E-state index contributed by atoms with van der Waals surface area (Å²) in [5.74, 6) is 3.70. The minimum atomic E-state index is 0.508. The van der Waals surface area contributed by atoms with E-state index in [4.69, 9.17) is 19.2 Å². The average molecular weight is 376 g/mol. The number of ether oxygens (including phenoxy) is 3. The van der Waals surface area contributed by atoms with E-state index in [0.717, 1.165) is 55.7 Å². The normalized spacial score (nSPS) is 21.7. The highest BCUT2D eigenvalue weighted by Crippen LogP contribution is 2.32. The van der Waals surface area contributed by atoms with Gasteiger partial charge in [-0.25, -0.2) is 0 Å². The maximum absolute atomic E-state index is 5.78. The van der Waals surface area contributed by atoms with Crippen LogP contribution in [0.4, 0.5) is 5.69 Å². The van der Waals surface area contributed by atoms with Gasteiger partial charge in [-0.2, -0.15) is 0 Å². The second-order valence-electron chi connectivity index (χ2n) is 7.85. The summed E-state index contributed by atoms with van der Waals surface area (Å²) < 4.78 is 17.1. The molecule has 2 unspecified atom stereocenters. The highest BCUT2D eigenvalue weighted by molar-refractivity contribution is 5.94. The van der Waals surface area contributed by atoms with E-state index < -0.39 is 0 Å². The fourth-order valence-corrected chi connectivity index (χ4v) is 2.87. The molecule has 27 heavy (non-hydrogen) atoms. The lowest BCUT2D eigenvalue weighted by Crippen LogP contribution is -2.33. The van der Waals surface area contributed by atoms with Gasteiger partial charge in [-0.15, -0.1) is 0 Å². The summed E-state index contributed by atoms with van der Waals surface area (Å²) in [6.07, 6.45) is 3.02. The molecule has 1 fully saturated rings. The molecule has 0 spiro atoms. The van der Waals surface area contributed by atoms with Crippen molar-refractivity contribution in [3.8, 4) is 11.5 Å². The van der Waals surface area contributed by atoms with Crippen molar-refractivity contribution in [2.45, 2.75) is 46.1 Å². The molecule has 1 heterocycles. The second kappa shape index (κ2) is 9.83. The molecule has 1 aromatic rings. The third-order valence-corrected chi connectivity index (χ3v) is 4.61. The number of benzene rings is 1. The monoisotopic (exact) mass is 375 g/mol. The first-order valence-corrected chi connectivity index (χ1v) is 10.2. The molecule has 2 N–H and O–H groups in total. The number of guanidine groups is 1. The molecule has 0 saturated heterocycles. The molecule has 0 amide bonds. The quantitative estimate of drug-likeness (QED) is 0.412. The van der Waals surface area contributed by atoms with Gasteiger partial charge in [-0.1, -0.05) is 20.8 Å². The lowest BCUT2D eigenvalue weighted by Gasteiger charge is -2.14. The zero-order valence-corrected chi connectivity index (χ0v) is 16.8. The van der Waals surface area contributed by atoms with E-state index >= 15 is 0 Å². The lowest BCUT2D eigenvalue weighted by molar-refractivity contribution is 0.109. The molecule has 3 rings (SSSR count). The number of hydrogen-bond donors (Lipinski definition) is 2. The zero-order chi connectivity index (χ0) is 19.1. The Labute approximate surface area is 162 Å². The molecule has 0 radical (unpaired) electrons. The molecule has 6 nitrogen and oxygen atoms in total. The van der Waals surface area contributed by atoms with Gasteiger partial charge in [0.15, 0.2) is 17.5 Å². The van der Waals surface area contributed by atoms with Crippen molar-refractivity contribution in [1.82, 2.24) is 5.32 Å². The third kappa shape index (κ3) is 6.61. The molecule has 0 bridgehead atoms. The standard InChI is InChI=1S/C21H33N3O3/c1-15(2)14-25-9-4-8-22-21(24-18-12-16(18)3)23-17-6-7-19-20(13-17)27-11-5-10-26-19/h6-7,13,15-16,18H,4-5,8-12,14H2,1-3H3,(H2,22,23,24). The van der Waals surface area contributed by atoms with Crippen molar-refractivity contribution in [1.29, 1.82) is 0 Å². The number of aliphatic imine (C=N–C) groups is 1.